The minimum absolute atomic E-state index is 0.653. The van der Waals surface area contributed by atoms with Crippen LogP contribution in [0.15, 0.2) is 74.1 Å². The van der Waals surface area contributed by atoms with Gasteiger partial charge >= 0.3 is 0 Å². The summed E-state index contributed by atoms with van der Waals surface area (Å²) in [6, 6.07) is 10.3. The Balaban J connectivity index is 0.000000138. The lowest BCUT2D eigenvalue weighted by molar-refractivity contribution is 0.928. The largest absolute Gasteiger partial charge is 0.318 e. The van der Waals surface area contributed by atoms with Gasteiger partial charge in [0.1, 0.15) is 23.7 Å². The lowest BCUT2D eigenvalue weighted by Gasteiger charge is -1.95. The Labute approximate surface area is 198 Å². The lowest BCUT2D eigenvalue weighted by atomic mass is 10.1. The van der Waals surface area contributed by atoms with Crippen LogP contribution < -0.4 is 0 Å². The van der Waals surface area contributed by atoms with Crippen LogP contribution in [0.5, 0.6) is 0 Å². The minimum atomic E-state index is 0.653. The summed E-state index contributed by atoms with van der Waals surface area (Å²) in [5, 5.41) is 1.21. The van der Waals surface area contributed by atoms with Crippen molar-refractivity contribution in [2.45, 2.75) is 27.7 Å². The van der Waals surface area contributed by atoms with E-state index in [0.717, 1.165) is 27.9 Å². The van der Waals surface area contributed by atoms with Crippen molar-refractivity contribution >= 4 is 33.2 Å². The van der Waals surface area contributed by atoms with Crippen LogP contribution in [0.4, 0.5) is 0 Å². The standard InChI is InChI=1S/C10H9N.C7H6N4.C6H6N4.C2H6/c1-8-4-5-9-3-2-6-11-10(9)7-8;1-5-6-7(11-4-10-5)9-3-2-8-6;1-10-4-9-5-2-7-3-8-6(5)10;1-2/h2-7H,1H3;2-4H,1H3;2-4H,1H3;1-2H3. The van der Waals surface area contributed by atoms with Crippen LogP contribution in [0, 0.1) is 13.8 Å². The maximum Gasteiger partial charge on any atom is 0.181 e. The smallest absolute Gasteiger partial charge is 0.181 e. The van der Waals surface area contributed by atoms with Crippen molar-refractivity contribution in [2.24, 2.45) is 7.05 Å². The third kappa shape index (κ3) is 6.10. The number of benzene rings is 1. The van der Waals surface area contributed by atoms with E-state index in [1.54, 1.807) is 24.9 Å². The van der Waals surface area contributed by atoms with Crippen LogP contribution in [0.25, 0.3) is 33.2 Å². The molecule has 9 nitrogen and oxygen atoms in total. The average Bonchev–Trinajstić information content (AvgIpc) is 3.27. The first-order valence-electron chi connectivity index (χ1n) is 10.9. The number of pyridine rings is 1. The second-order valence-corrected chi connectivity index (χ2v) is 6.97. The first-order valence-corrected chi connectivity index (χ1v) is 10.9. The summed E-state index contributed by atoms with van der Waals surface area (Å²) >= 11 is 0. The molecule has 0 unspecified atom stereocenters. The first kappa shape index (κ1) is 24.2. The van der Waals surface area contributed by atoms with Gasteiger partial charge in [-0.1, -0.05) is 32.0 Å². The molecule has 0 aliphatic rings. The zero-order valence-corrected chi connectivity index (χ0v) is 20.0. The molecule has 5 heterocycles. The number of aromatic nitrogens is 9. The topological polar surface area (TPSA) is 108 Å². The van der Waals surface area contributed by atoms with Crippen LogP contribution in [0.2, 0.25) is 0 Å². The van der Waals surface area contributed by atoms with Crippen LogP contribution >= 0.6 is 0 Å². The van der Waals surface area contributed by atoms with Gasteiger partial charge in [0.25, 0.3) is 0 Å². The molecule has 5 aromatic heterocycles. The summed E-state index contributed by atoms with van der Waals surface area (Å²) in [7, 11) is 1.91. The van der Waals surface area contributed by atoms with E-state index in [9.17, 15) is 0 Å². The number of fused-ring (bicyclic) bond motifs is 3. The summed E-state index contributed by atoms with van der Waals surface area (Å²) in [5.74, 6) is 0. The first-order chi connectivity index (χ1) is 16.6. The molecule has 0 fully saturated rings. The summed E-state index contributed by atoms with van der Waals surface area (Å²) in [6.45, 7) is 7.97. The molecular formula is C25H27N9. The molecule has 0 aliphatic carbocycles. The Kier molecular flexibility index (Phi) is 8.56. The van der Waals surface area contributed by atoms with Crippen molar-refractivity contribution < 1.29 is 0 Å². The molecule has 172 valence electrons. The van der Waals surface area contributed by atoms with Crippen molar-refractivity contribution in [3.63, 3.8) is 0 Å². The number of nitrogens with zero attached hydrogens (tertiary/aromatic N) is 9. The third-order valence-electron chi connectivity index (χ3n) is 4.59. The number of hydrogen-bond donors (Lipinski definition) is 0. The molecule has 0 spiro atoms. The van der Waals surface area contributed by atoms with E-state index in [2.05, 4.69) is 71.1 Å². The molecule has 0 N–H and O–H groups in total. The second kappa shape index (κ2) is 12.0. The zero-order valence-electron chi connectivity index (χ0n) is 20.0. The summed E-state index contributed by atoms with van der Waals surface area (Å²) in [5.41, 5.74) is 6.34. The van der Waals surface area contributed by atoms with E-state index >= 15 is 0 Å². The van der Waals surface area contributed by atoms with Crippen LogP contribution in [-0.4, -0.2) is 44.4 Å². The second-order valence-electron chi connectivity index (χ2n) is 6.97. The highest BCUT2D eigenvalue weighted by Gasteiger charge is 1.98. The predicted octanol–water partition coefficient (Wildman–Crippen LogP) is 4.66. The molecule has 0 atom stereocenters. The molecule has 0 saturated carbocycles. The molecule has 0 aliphatic heterocycles. The van der Waals surface area contributed by atoms with Crippen molar-refractivity contribution in [1.29, 1.82) is 0 Å². The summed E-state index contributed by atoms with van der Waals surface area (Å²) in [4.78, 5) is 32.2. The van der Waals surface area contributed by atoms with E-state index in [1.807, 2.05) is 44.6 Å². The highest BCUT2D eigenvalue weighted by molar-refractivity contribution is 5.78. The SMILES string of the molecule is CC.Cc1ccc2cccnc2c1.Cc1ncnc2nccnc12.Cn1cnc2cncnc21. The van der Waals surface area contributed by atoms with Gasteiger partial charge in [-0.25, -0.2) is 34.9 Å². The Hall–Kier alpha value is -4.40. The molecule has 6 rings (SSSR count). The molecule has 34 heavy (non-hydrogen) atoms. The molecule has 9 heteroatoms. The highest BCUT2D eigenvalue weighted by Crippen LogP contribution is 2.11. The lowest BCUT2D eigenvalue weighted by Crippen LogP contribution is -1.91. The number of aryl methyl sites for hydroxylation is 3. The Bertz CT molecular complexity index is 1470. The Morgan fingerprint density at radius 3 is 2.35 bits per heavy atom. The van der Waals surface area contributed by atoms with Crippen LogP contribution in [0.3, 0.4) is 0 Å². The van der Waals surface area contributed by atoms with Crippen molar-refractivity contribution in [3.8, 4) is 0 Å². The molecule has 0 bridgehead atoms. The fourth-order valence-electron chi connectivity index (χ4n) is 2.97. The van der Waals surface area contributed by atoms with Gasteiger partial charge in [0.05, 0.1) is 23.7 Å². The molecule has 0 radical (unpaired) electrons. The maximum absolute atomic E-state index is 4.24. The fourth-order valence-corrected chi connectivity index (χ4v) is 2.97. The van der Waals surface area contributed by atoms with Gasteiger partial charge in [0.2, 0.25) is 0 Å². The molecule has 6 aromatic rings. The predicted molar refractivity (Wildman–Crippen MR) is 134 cm³/mol. The van der Waals surface area contributed by atoms with Crippen molar-refractivity contribution in [2.75, 3.05) is 0 Å². The minimum Gasteiger partial charge on any atom is -0.318 e. The quantitative estimate of drug-likeness (QED) is 0.327. The number of rotatable bonds is 0. The maximum atomic E-state index is 4.24. The Morgan fingerprint density at radius 1 is 0.735 bits per heavy atom. The van der Waals surface area contributed by atoms with Gasteiger partial charge in [0.15, 0.2) is 11.3 Å². The van der Waals surface area contributed by atoms with Crippen molar-refractivity contribution in [3.05, 3.63) is 85.4 Å². The van der Waals surface area contributed by atoms with E-state index < -0.39 is 0 Å². The average molecular weight is 454 g/mol. The highest BCUT2D eigenvalue weighted by atomic mass is 15.1. The zero-order chi connectivity index (χ0) is 24.3. The van der Waals surface area contributed by atoms with E-state index in [1.165, 1.54) is 23.6 Å². The molecule has 0 amide bonds. The molecular weight excluding hydrogens is 426 g/mol. The third-order valence-corrected chi connectivity index (χ3v) is 4.59. The number of imidazole rings is 1. The van der Waals surface area contributed by atoms with Gasteiger partial charge in [0, 0.05) is 31.0 Å². The van der Waals surface area contributed by atoms with E-state index in [-0.39, 0.29) is 0 Å². The van der Waals surface area contributed by atoms with Crippen LogP contribution in [0.1, 0.15) is 25.1 Å². The number of hydrogen-bond acceptors (Lipinski definition) is 8. The Morgan fingerprint density at radius 2 is 1.56 bits per heavy atom. The van der Waals surface area contributed by atoms with Gasteiger partial charge < -0.3 is 4.57 Å². The monoisotopic (exact) mass is 453 g/mol. The van der Waals surface area contributed by atoms with Gasteiger partial charge in [-0.2, -0.15) is 0 Å². The van der Waals surface area contributed by atoms with Gasteiger partial charge in [-0.3, -0.25) is 4.98 Å². The normalized spacial score (nSPS) is 9.91. The fraction of sp³-hybridized carbons (Fsp3) is 0.200. The van der Waals surface area contributed by atoms with Gasteiger partial charge in [-0.15, -0.1) is 0 Å². The molecule has 1 aromatic carbocycles. The van der Waals surface area contributed by atoms with Gasteiger partial charge in [-0.05, 0) is 31.5 Å². The summed E-state index contributed by atoms with van der Waals surface area (Å²) < 4.78 is 1.86. The molecule has 0 saturated heterocycles. The van der Waals surface area contributed by atoms with Crippen LogP contribution in [-0.2, 0) is 7.05 Å². The van der Waals surface area contributed by atoms with Crippen molar-refractivity contribution in [1.82, 2.24) is 44.4 Å². The van der Waals surface area contributed by atoms with E-state index in [0.29, 0.717) is 5.65 Å². The van der Waals surface area contributed by atoms with E-state index in [4.69, 9.17) is 0 Å². The summed E-state index contributed by atoms with van der Waals surface area (Å²) in [6.07, 6.45) is 11.5.